The zero-order chi connectivity index (χ0) is 7.98. The lowest BCUT2D eigenvalue weighted by atomic mass is 10.3. The molecule has 0 saturated carbocycles. The van der Waals surface area contributed by atoms with Gasteiger partial charge in [0.1, 0.15) is 6.61 Å². The van der Waals surface area contributed by atoms with Crippen LogP contribution in [0, 0.1) is 0 Å². The van der Waals surface area contributed by atoms with E-state index < -0.39 is 0 Å². The number of hydrogen-bond donors (Lipinski definition) is 0. The van der Waals surface area contributed by atoms with Crippen molar-refractivity contribution in [3.05, 3.63) is 0 Å². The van der Waals surface area contributed by atoms with Crippen LogP contribution in [0.2, 0.25) is 0 Å². The molecule has 0 aliphatic carbocycles. The van der Waals surface area contributed by atoms with Crippen LogP contribution in [0.4, 0.5) is 0 Å². The highest BCUT2D eigenvalue weighted by molar-refractivity contribution is 7.80. The van der Waals surface area contributed by atoms with Crippen LogP contribution in [0.25, 0.3) is 0 Å². The Morgan fingerprint density at radius 1 is 1.40 bits per heavy atom. The van der Waals surface area contributed by atoms with Crippen molar-refractivity contribution in [2.75, 3.05) is 6.61 Å². The summed E-state index contributed by atoms with van der Waals surface area (Å²) < 4.78 is 4.93. The summed E-state index contributed by atoms with van der Waals surface area (Å²) in [6.45, 7) is 3.85. The highest BCUT2D eigenvalue weighted by atomic mass is 32.1. The Labute approximate surface area is 66.6 Å². The Morgan fingerprint density at radius 3 is 2.40 bits per heavy atom. The predicted octanol–water partition coefficient (Wildman–Crippen LogP) is 1.72. The van der Waals surface area contributed by atoms with Gasteiger partial charge < -0.3 is 4.74 Å². The second kappa shape index (κ2) is 5.35. The third-order valence-corrected chi connectivity index (χ3v) is 1.48. The summed E-state index contributed by atoms with van der Waals surface area (Å²) in [7, 11) is 0. The Bertz CT molecular complexity index is 116. The topological polar surface area (TPSA) is 26.3 Å². The summed E-state index contributed by atoms with van der Waals surface area (Å²) in [5.41, 5.74) is 0. The molecule has 0 saturated heterocycles. The molecule has 0 N–H and O–H groups in total. The maximum atomic E-state index is 10.6. The molecule has 0 aliphatic heterocycles. The number of hydrogen-bond acceptors (Lipinski definition) is 3. The number of rotatable bonds is 4. The first-order valence-electron chi connectivity index (χ1n) is 3.38. The van der Waals surface area contributed by atoms with Gasteiger partial charge in [0, 0.05) is 12.8 Å². The molecule has 0 unspecified atom stereocenters. The summed E-state index contributed by atoms with van der Waals surface area (Å²) in [5, 5.41) is 0.516. The average molecular weight is 160 g/mol. The van der Waals surface area contributed by atoms with Gasteiger partial charge >= 0.3 is 0 Å². The Morgan fingerprint density at radius 2 is 2.00 bits per heavy atom. The third kappa shape index (κ3) is 4.44. The van der Waals surface area contributed by atoms with E-state index >= 15 is 0 Å². The molecule has 0 rings (SSSR count). The minimum atomic E-state index is 0.0933. The van der Waals surface area contributed by atoms with Crippen LogP contribution in [0.5, 0.6) is 0 Å². The van der Waals surface area contributed by atoms with Crippen LogP contribution in [0.1, 0.15) is 26.7 Å². The van der Waals surface area contributed by atoms with Crippen molar-refractivity contribution < 1.29 is 9.53 Å². The van der Waals surface area contributed by atoms with Gasteiger partial charge in [-0.05, 0) is 12.2 Å². The molecule has 2 nitrogen and oxygen atoms in total. The van der Waals surface area contributed by atoms with Gasteiger partial charge in [-0.2, -0.15) is 0 Å². The SMILES string of the molecule is CCC(=O)COC(=S)CC. The number of Topliss-reactive ketones (excluding diaryl/α,β-unsaturated/α-hetero) is 1. The Balaban J connectivity index is 3.35. The second-order valence-corrected chi connectivity index (χ2v) is 2.36. The number of thiocarbonyl (C=S) groups is 1. The fourth-order valence-electron chi connectivity index (χ4n) is 0.365. The van der Waals surface area contributed by atoms with E-state index in [0.717, 1.165) is 0 Å². The summed E-state index contributed by atoms with van der Waals surface area (Å²) >= 11 is 4.75. The molecule has 0 aromatic rings. The van der Waals surface area contributed by atoms with Crippen LogP contribution in [-0.4, -0.2) is 17.4 Å². The summed E-state index contributed by atoms with van der Waals surface area (Å²) in [6, 6.07) is 0. The molecule has 0 spiro atoms. The molecule has 0 radical (unpaired) electrons. The van der Waals surface area contributed by atoms with Gasteiger partial charge in [-0.25, -0.2) is 0 Å². The van der Waals surface area contributed by atoms with Gasteiger partial charge in [0.15, 0.2) is 10.8 Å². The van der Waals surface area contributed by atoms with Crippen molar-refractivity contribution >= 4 is 23.1 Å². The molecule has 0 amide bonds. The van der Waals surface area contributed by atoms with Crippen LogP contribution < -0.4 is 0 Å². The van der Waals surface area contributed by atoms with Gasteiger partial charge in [-0.3, -0.25) is 4.79 Å². The molecule has 0 bridgehead atoms. The van der Waals surface area contributed by atoms with Crippen LogP contribution in [0.15, 0.2) is 0 Å². The molecule has 0 aliphatic rings. The molecule has 0 heterocycles. The van der Waals surface area contributed by atoms with Crippen molar-refractivity contribution in [3.63, 3.8) is 0 Å². The van der Waals surface area contributed by atoms with Gasteiger partial charge in [0.25, 0.3) is 0 Å². The van der Waals surface area contributed by atoms with Gasteiger partial charge in [0.05, 0.1) is 0 Å². The monoisotopic (exact) mass is 160 g/mol. The second-order valence-electron chi connectivity index (χ2n) is 1.91. The van der Waals surface area contributed by atoms with Crippen LogP contribution >= 0.6 is 12.2 Å². The zero-order valence-corrected chi connectivity index (χ0v) is 7.16. The largest absolute Gasteiger partial charge is 0.479 e. The van der Waals surface area contributed by atoms with Crippen molar-refractivity contribution in [1.29, 1.82) is 0 Å². The van der Waals surface area contributed by atoms with Crippen molar-refractivity contribution in [2.24, 2.45) is 0 Å². The maximum absolute atomic E-state index is 10.6. The van der Waals surface area contributed by atoms with Crippen molar-refractivity contribution in [3.8, 4) is 0 Å². The summed E-state index contributed by atoms with van der Waals surface area (Å²) in [6.07, 6.45) is 1.22. The van der Waals surface area contributed by atoms with Crippen LogP contribution in [0.3, 0.4) is 0 Å². The van der Waals surface area contributed by atoms with Crippen molar-refractivity contribution in [2.45, 2.75) is 26.7 Å². The van der Waals surface area contributed by atoms with E-state index in [1.807, 2.05) is 6.92 Å². The fraction of sp³-hybridized carbons (Fsp3) is 0.714. The zero-order valence-electron chi connectivity index (χ0n) is 6.35. The quantitative estimate of drug-likeness (QED) is 0.586. The van der Waals surface area contributed by atoms with E-state index in [1.54, 1.807) is 6.92 Å². The smallest absolute Gasteiger partial charge is 0.169 e. The standard InChI is InChI=1S/C7H12O2S/c1-3-6(8)5-9-7(10)4-2/h3-5H2,1-2H3. The Hall–Kier alpha value is -0.440. The molecule has 58 valence electrons. The van der Waals surface area contributed by atoms with Gasteiger partial charge in [-0.1, -0.05) is 13.8 Å². The Kier molecular flexibility index (Phi) is 5.12. The lowest BCUT2D eigenvalue weighted by molar-refractivity contribution is -0.120. The lowest BCUT2D eigenvalue weighted by Gasteiger charge is -2.01. The van der Waals surface area contributed by atoms with E-state index in [0.29, 0.717) is 17.9 Å². The van der Waals surface area contributed by atoms with Gasteiger partial charge in [-0.15, -0.1) is 0 Å². The third-order valence-electron chi connectivity index (χ3n) is 1.08. The number of ketones is 1. The lowest BCUT2D eigenvalue weighted by Crippen LogP contribution is -2.10. The van der Waals surface area contributed by atoms with Crippen LogP contribution in [-0.2, 0) is 9.53 Å². The normalized spacial score (nSPS) is 9.00. The molecule has 0 fully saturated rings. The molecule has 0 aromatic heterocycles. The number of ether oxygens (including phenoxy) is 1. The average Bonchev–Trinajstić information content (AvgIpc) is 1.99. The maximum Gasteiger partial charge on any atom is 0.169 e. The first-order chi connectivity index (χ1) is 4.70. The molecule has 0 aromatic carbocycles. The highest BCUT2D eigenvalue weighted by Crippen LogP contribution is 1.90. The molecule has 10 heavy (non-hydrogen) atoms. The predicted molar refractivity (Wildman–Crippen MR) is 44.1 cm³/mol. The van der Waals surface area contributed by atoms with Crippen molar-refractivity contribution in [1.82, 2.24) is 0 Å². The highest BCUT2D eigenvalue weighted by Gasteiger charge is 1.99. The van der Waals surface area contributed by atoms with E-state index in [1.165, 1.54) is 0 Å². The first kappa shape index (κ1) is 9.56. The van der Waals surface area contributed by atoms with E-state index in [9.17, 15) is 4.79 Å². The number of carbonyl (C=O) groups excluding carboxylic acids is 1. The minimum absolute atomic E-state index is 0.0933. The van der Waals surface area contributed by atoms with E-state index in [2.05, 4.69) is 0 Å². The molecular weight excluding hydrogens is 148 g/mol. The molecule has 3 heteroatoms. The van der Waals surface area contributed by atoms with Gasteiger partial charge in [0.2, 0.25) is 0 Å². The summed E-state index contributed by atoms with van der Waals surface area (Å²) in [4.78, 5) is 10.6. The van der Waals surface area contributed by atoms with E-state index in [-0.39, 0.29) is 12.4 Å². The molecular formula is C7H12O2S. The molecule has 0 atom stereocenters. The first-order valence-corrected chi connectivity index (χ1v) is 3.78. The number of carbonyl (C=O) groups is 1. The minimum Gasteiger partial charge on any atom is -0.479 e. The fourth-order valence-corrected chi connectivity index (χ4v) is 0.424. The summed E-state index contributed by atoms with van der Waals surface area (Å²) in [5.74, 6) is 0.0933. The van der Waals surface area contributed by atoms with E-state index in [4.69, 9.17) is 17.0 Å².